The van der Waals surface area contributed by atoms with Gasteiger partial charge in [-0.1, -0.05) is 74.5 Å². The number of carbonyl (C=O) groups is 4. The predicted molar refractivity (Wildman–Crippen MR) is 146 cm³/mol. The SMILES string of the molecule is CC(O)[C@@H](C)C(=O)N1C(=O)OCC1Cc1ccccc1.CC(O)[C@H](C)C(=O)N1C(=O)OCC1Cc1ccccc1. The number of aliphatic hydroxyl groups excluding tert-OH is 2. The van der Waals surface area contributed by atoms with E-state index in [2.05, 4.69) is 0 Å². The highest BCUT2D eigenvalue weighted by Gasteiger charge is 2.41. The van der Waals surface area contributed by atoms with Crippen LogP contribution in [-0.4, -0.2) is 81.5 Å². The molecular weight excluding hydrogens is 516 g/mol. The third-order valence-electron chi connectivity index (χ3n) is 7.25. The molecule has 10 heteroatoms. The minimum absolute atomic E-state index is 0.200. The molecular formula is C30H38N2O8. The van der Waals surface area contributed by atoms with E-state index >= 15 is 0 Å². The number of imide groups is 2. The first kappa shape index (κ1) is 30.8. The minimum Gasteiger partial charge on any atom is -0.447 e. The number of amides is 4. The number of hydrogen-bond acceptors (Lipinski definition) is 8. The Morgan fingerprint density at radius 2 is 1.02 bits per heavy atom. The summed E-state index contributed by atoms with van der Waals surface area (Å²) in [4.78, 5) is 50.3. The topological polar surface area (TPSA) is 134 Å². The molecule has 2 heterocycles. The van der Waals surface area contributed by atoms with E-state index in [-0.39, 0.29) is 37.1 Å². The number of carbonyl (C=O) groups excluding carboxylic acids is 4. The van der Waals surface area contributed by atoms with Crippen molar-refractivity contribution in [2.75, 3.05) is 13.2 Å². The predicted octanol–water partition coefficient (Wildman–Crippen LogP) is 3.19. The lowest BCUT2D eigenvalue weighted by atomic mass is 10.0. The number of cyclic esters (lactones) is 2. The molecule has 0 aliphatic carbocycles. The maximum atomic E-state index is 12.3. The van der Waals surface area contributed by atoms with Gasteiger partial charge < -0.3 is 19.7 Å². The highest BCUT2D eigenvalue weighted by Crippen LogP contribution is 2.22. The monoisotopic (exact) mass is 554 g/mol. The van der Waals surface area contributed by atoms with Crippen LogP contribution in [0.3, 0.4) is 0 Å². The van der Waals surface area contributed by atoms with Gasteiger partial charge in [-0.3, -0.25) is 9.59 Å². The van der Waals surface area contributed by atoms with Crippen LogP contribution in [0, 0.1) is 11.8 Å². The zero-order chi connectivity index (χ0) is 29.4. The summed E-state index contributed by atoms with van der Waals surface area (Å²) in [6, 6.07) is 18.7. The Labute approximate surface area is 234 Å². The van der Waals surface area contributed by atoms with Gasteiger partial charge in [-0.2, -0.15) is 0 Å². The molecule has 10 nitrogen and oxygen atoms in total. The average molecular weight is 555 g/mol. The third-order valence-corrected chi connectivity index (χ3v) is 7.25. The fourth-order valence-electron chi connectivity index (χ4n) is 4.39. The van der Waals surface area contributed by atoms with Crippen LogP contribution in [0.15, 0.2) is 60.7 Å². The van der Waals surface area contributed by atoms with Gasteiger partial charge in [0.05, 0.1) is 36.1 Å². The van der Waals surface area contributed by atoms with Crippen LogP contribution >= 0.6 is 0 Å². The van der Waals surface area contributed by atoms with Crippen molar-refractivity contribution in [3.05, 3.63) is 71.8 Å². The smallest absolute Gasteiger partial charge is 0.416 e. The van der Waals surface area contributed by atoms with Crippen LogP contribution in [0.1, 0.15) is 38.8 Å². The second-order valence-electron chi connectivity index (χ2n) is 10.3. The molecule has 2 saturated heterocycles. The Balaban J connectivity index is 0.000000220. The zero-order valence-corrected chi connectivity index (χ0v) is 23.3. The molecule has 4 unspecified atom stereocenters. The number of benzene rings is 2. The first-order valence-electron chi connectivity index (χ1n) is 13.4. The molecule has 40 heavy (non-hydrogen) atoms. The van der Waals surface area contributed by atoms with Crippen LogP contribution < -0.4 is 0 Å². The summed E-state index contributed by atoms with van der Waals surface area (Å²) in [6.45, 7) is 6.70. The molecule has 2 aromatic carbocycles. The summed E-state index contributed by atoms with van der Waals surface area (Å²) >= 11 is 0. The number of ether oxygens (including phenoxy) is 2. The summed E-state index contributed by atoms with van der Waals surface area (Å²) < 4.78 is 9.97. The van der Waals surface area contributed by atoms with Gasteiger partial charge in [-0.05, 0) is 37.8 Å². The summed E-state index contributed by atoms with van der Waals surface area (Å²) in [5.41, 5.74) is 2.08. The molecule has 2 N–H and O–H groups in total. The molecule has 0 radical (unpaired) electrons. The van der Waals surface area contributed by atoms with Crippen molar-refractivity contribution >= 4 is 24.0 Å². The number of hydrogen-bond donors (Lipinski definition) is 2. The van der Waals surface area contributed by atoms with Crippen molar-refractivity contribution < 1.29 is 38.9 Å². The van der Waals surface area contributed by atoms with E-state index in [1.807, 2.05) is 60.7 Å². The molecule has 2 aromatic rings. The lowest BCUT2D eigenvalue weighted by Gasteiger charge is -2.24. The van der Waals surface area contributed by atoms with E-state index in [4.69, 9.17) is 9.47 Å². The lowest BCUT2D eigenvalue weighted by molar-refractivity contribution is -0.137. The molecule has 2 aliphatic rings. The van der Waals surface area contributed by atoms with Crippen molar-refractivity contribution in [2.45, 2.75) is 64.8 Å². The average Bonchev–Trinajstić information content (AvgIpc) is 3.49. The van der Waals surface area contributed by atoms with E-state index in [1.54, 1.807) is 13.8 Å². The summed E-state index contributed by atoms with van der Waals surface area (Å²) in [7, 11) is 0. The van der Waals surface area contributed by atoms with Crippen molar-refractivity contribution in [3.8, 4) is 0 Å². The van der Waals surface area contributed by atoms with Gasteiger partial charge in [0.15, 0.2) is 0 Å². The molecule has 0 bridgehead atoms. The molecule has 216 valence electrons. The number of aliphatic hydroxyl groups is 2. The Kier molecular flexibility index (Phi) is 10.8. The van der Waals surface area contributed by atoms with Crippen molar-refractivity contribution in [1.82, 2.24) is 9.80 Å². The van der Waals surface area contributed by atoms with Gasteiger partial charge in [0.2, 0.25) is 11.8 Å². The van der Waals surface area contributed by atoms with E-state index < -0.39 is 36.2 Å². The number of nitrogens with zero attached hydrogens (tertiary/aromatic N) is 2. The summed E-state index contributed by atoms with van der Waals surface area (Å²) in [5, 5.41) is 19.0. The Morgan fingerprint density at radius 3 is 1.32 bits per heavy atom. The fraction of sp³-hybridized carbons (Fsp3) is 0.467. The molecule has 6 atom stereocenters. The standard InChI is InChI=1S/2C15H19NO4/c2*1-10(11(2)17)14(18)16-13(9-20-15(16)19)8-12-6-4-3-5-7-12/h2*3-7,10-11,13,17H,8-9H2,1-2H3/t2*10-,11?,13?/m10/s1. The highest BCUT2D eigenvalue weighted by atomic mass is 16.6. The fourth-order valence-corrected chi connectivity index (χ4v) is 4.39. The molecule has 4 amide bonds. The van der Waals surface area contributed by atoms with Gasteiger partial charge in [-0.25, -0.2) is 19.4 Å². The maximum absolute atomic E-state index is 12.3. The molecule has 4 rings (SSSR count). The van der Waals surface area contributed by atoms with Crippen LogP contribution in [-0.2, 0) is 31.9 Å². The summed E-state index contributed by atoms with van der Waals surface area (Å²) in [5.74, 6) is -2.02. The van der Waals surface area contributed by atoms with E-state index in [9.17, 15) is 29.4 Å². The van der Waals surface area contributed by atoms with Gasteiger partial charge in [0.25, 0.3) is 0 Å². The number of rotatable bonds is 8. The third kappa shape index (κ3) is 7.67. The second-order valence-corrected chi connectivity index (χ2v) is 10.3. The van der Waals surface area contributed by atoms with Crippen molar-refractivity contribution in [2.24, 2.45) is 11.8 Å². The van der Waals surface area contributed by atoms with E-state index in [1.165, 1.54) is 13.8 Å². The lowest BCUT2D eigenvalue weighted by Crippen LogP contribution is -2.45. The van der Waals surface area contributed by atoms with Gasteiger partial charge in [0.1, 0.15) is 13.2 Å². The molecule has 0 aromatic heterocycles. The first-order valence-corrected chi connectivity index (χ1v) is 13.4. The first-order chi connectivity index (χ1) is 19.0. The van der Waals surface area contributed by atoms with Gasteiger partial charge >= 0.3 is 12.2 Å². The van der Waals surface area contributed by atoms with Crippen LogP contribution in [0.4, 0.5) is 9.59 Å². The summed E-state index contributed by atoms with van der Waals surface area (Å²) in [6.07, 6.45) is -1.72. The van der Waals surface area contributed by atoms with Crippen molar-refractivity contribution in [3.63, 3.8) is 0 Å². The second kappa shape index (κ2) is 14.0. The molecule has 0 saturated carbocycles. The molecule has 2 fully saturated rings. The Morgan fingerprint density at radius 1 is 0.700 bits per heavy atom. The largest absolute Gasteiger partial charge is 0.447 e. The van der Waals surface area contributed by atoms with Gasteiger partial charge in [-0.15, -0.1) is 0 Å². The van der Waals surface area contributed by atoms with Gasteiger partial charge in [0, 0.05) is 0 Å². The van der Waals surface area contributed by atoms with Crippen LogP contribution in [0.25, 0.3) is 0 Å². The van der Waals surface area contributed by atoms with E-state index in [0.717, 1.165) is 20.9 Å². The minimum atomic E-state index is -0.798. The molecule has 0 spiro atoms. The van der Waals surface area contributed by atoms with E-state index in [0.29, 0.717) is 12.8 Å². The van der Waals surface area contributed by atoms with Crippen molar-refractivity contribution in [1.29, 1.82) is 0 Å². The Bertz CT molecular complexity index is 1060. The Hall–Kier alpha value is -3.76. The van der Waals surface area contributed by atoms with Crippen LogP contribution in [0.5, 0.6) is 0 Å². The molecule has 2 aliphatic heterocycles. The zero-order valence-electron chi connectivity index (χ0n) is 23.3. The maximum Gasteiger partial charge on any atom is 0.416 e. The van der Waals surface area contributed by atoms with Crippen LogP contribution in [0.2, 0.25) is 0 Å². The quantitative estimate of drug-likeness (QED) is 0.508. The normalized spacial score (nSPS) is 21.4. The highest BCUT2D eigenvalue weighted by molar-refractivity contribution is 5.95.